The van der Waals surface area contributed by atoms with Crippen LogP contribution in [0.3, 0.4) is 0 Å². The second-order valence-electron chi connectivity index (χ2n) is 15.1. The van der Waals surface area contributed by atoms with Crippen LogP contribution in [-0.2, 0) is 49.2 Å². The summed E-state index contributed by atoms with van der Waals surface area (Å²) in [5, 5.41) is 19.3. The predicted molar refractivity (Wildman–Crippen MR) is 266 cm³/mol. The molecule has 0 radical (unpaired) electrons. The molecule has 0 aliphatic heterocycles. The lowest BCUT2D eigenvalue weighted by atomic mass is 10.2. The third-order valence-electron chi connectivity index (χ3n) is 8.45. The summed E-state index contributed by atoms with van der Waals surface area (Å²) in [6.07, 6.45) is 0.0703. The summed E-state index contributed by atoms with van der Waals surface area (Å²) in [5.41, 5.74) is 1.90. The van der Waals surface area contributed by atoms with Gasteiger partial charge < -0.3 is 34.5 Å². The molecule has 0 aliphatic rings. The van der Waals surface area contributed by atoms with Gasteiger partial charge in [-0.25, -0.2) is 54.4 Å². The number of aromatic nitrogens is 3. The van der Waals surface area contributed by atoms with Crippen LogP contribution in [-0.4, -0.2) is 90.0 Å². The van der Waals surface area contributed by atoms with Crippen LogP contribution >= 0.6 is 34.0 Å². The molecule has 0 saturated carbocycles. The molecule has 6 aromatic rings. The van der Waals surface area contributed by atoms with Crippen molar-refractivity contribution in [3.05, 3.63) is 53.5 Å². The van der Waals surface area contributed by atoms with E-state index in [0.29, 0.717) is 70.9 Å². The number of nitrogens with zero attached hydrogens (tertiary/aromatic N) is 4. The van der Waals surface area contributed by atoms with Gasteiger partial charge in [-0.05, 0) is 63.1 Å². The van der Waals surface area contributed by atoms with E-state index in [1.54, 1.807) is 26.8 Å². The van der Waals surface area contributed by atoms with Crippen LogP contribution in [0.25, 0.3) is 31.9 Å². The summed E-state index contributed by atoms with van der Waals surface area (Å²) >= 11 is 3.61. The fraction of sp³-hybridized carbons (Fsp3) is 0.366. The number of amides is 4. The normalized spacial score (nSPS) is 11.5. The predicted octanol–water partition coefficient (Wildman–Crippen LogP) is 5.55. The number of hydrogen-bond acceptors (Lipinski definition) is 20. The lowest BCUT2D eigenvalue weighted by Gasteiger charge is -2.06. The fourth-order valence-corrected chi connectivity index (χ4v) is 11.4. The van der Waals surface area contributed by atoms with E-state index < -0.39 is 30.1 Å². The van der Waals surface area contributed by atoms with Gasteiger partial charge in [0.25, 0.3) is 30.1 Å². The lowest BCUT2D eigenvalue weighted by Crippen LogP contribution is -2.33. The summed E-state index contributed by atoms with van der Waals surface area (Å²) < 4.78 is 96.0. The monoisotopic (exact) mass is 1100 g/mol. The number of sulfonamides is 3. The number of anilines is 3. The number of rotatable bonds is 19. The van der Waals surface area contributed by atoms with Crippen molar-refractivity contribution in [2.24, 2.45) is 5.92 Å². The van der Waals surface area contributed by atoms with Crippen molar-refractivity contribution in [2.45, 2.75) is 84.0 Å². The van der Waals surface area contributed by atoms with E-state index in [-0.39, 0.29) is 70.9 Å². The van der Waals surface area contributed by atoms with Crippen LogP contribution < -0.4 is 35.4 Å². The van der Waals surface area contributed by atoms with Crippen LogP contribution in [0.15, 0.2) is 64.9 Å². The summed E-state index contributed by atoms with van der Waals surface area (Å²) in [6.45, 7) is 15.1. The molecule has 0 aliphatic carbocycles. The second-order valence-corrected chi connectivity index (χ2v) is 23.2. The average Bonchev–Trinajstić information content (AvgIpc) is 4.13. The molecule has 71 heavy (non-hydrogen) atoms. The highest BCUT2D eigenvalue weighted by Crippen LogP contribution is 2.37. The fourth-order valence-electron chi connectivity index (χ4n) is 5.40. The molecule has 0 atom stereocenters. The molecule has 0 saturated heterocycles. The first kappa shape index (κ1) is 57.4. The maximum absolute atomic E-state index is 12.2. The minimum Gasteiger partial charge on any atom is -0.442 e. The Balaban J connectivity index is 0.000000232. The van der Waals surface area contributed by atoms with E-state index in [4.69, 9.17) is 18.5 Å². The van der Waals surface area contributed by atoms with Gasteiger partial charge in [0.05, 0.1) is 37.8 Å². The molecule has 0 fully saturated rings. The van der Waals surface area contributed by atoms with Crippen molar-refractivity contribution >= 4 is 103 Å². The summed E-state index contributed by atoms with van der Waals surface area (Å²) in [6, 6.07) is 10.6. The highest BCUT2D eigenvalue weighted by Gasteiger charge is 2.24. The third kappa shape index (κ3) is 17.3. The Morgan fingerprint density at radius 3 is 1.20 bits per heavy atom. The number of hydrogen-bond donors (Lipinski definition) is 7. The summed E-state index contributed by atoms with van der Waals surface area (Å²) in [4.78, 5) is 58.5. The SMILES string of the molecule is CC(=O)NCCNS(=O)(=O)c1ccc(-c2sc(NC(C)=O)nc2C)o1.CC(=O)Nc1nc(C)c(-c2ccc(S(=O)(=O)NCC(C)C)o2)s1.CC(=O)Nc1nc(C)c(-c2ccc(S(=O)(=O)NCCC#N)o2)s1. The van der Waals surface area contributed by atoms with Crippen molar-refractivity contribution < 1.29 is 57.7 Å². The Bertz CT molecular complexity index is 3230. The first-order valence-electron chi connectivity index (χ1n) is 20.9. The summed E-state index contributed by atoms with van der Waals surface area (Å²) in [5.74, 6) is 0.345. The Hall–Kier alpha value is -6.17. The molecule has 0 unspecified atom stereocenters. The van der Waals surface area contributed by atoms with E-state index in [9.17, 15) is 44.4 Å². The zero-order chi connectivity index (χ0) is 52.8. The van der Waals surface area contributed by atoms with Crippen molar-refractivity contribution in [3.63, 3.8) is 0 Å². The van der Waals surface area contributed by atoms with Gasteiger partial charge in [-0.2, -0.15) is 5.26 Å². The van der Waals surface area contributed by atoms with Gasteiger partial charge in [0.15, 0.2) is 15.4 Å². The Labute approximate surface area is 421 Å². The number of carbonyl (C=O) groups excluding carboxylic acids is 4. The lowest BCUT2D eigenvalue weighted by molar-refractivity contribution is -0.119. The molecule has 30 heteroatoms. The van der Waals surface area contributed by atoms with Gasteiger partial charge in [-0.1, -0.05) is 47.9 Å². The van der Waals surface area contributed by atoms with Crippen LogP contribution in [0.1, 0.15) is 65.0 Å². The van der Waals surface area contributed by atoms with Gasteiger partial charge in [0, 0.05) is 60.3 Å². The topological polar surface area (TPSA) is 357 Å². The molecule has 384 valence electrons. The third-order valence-corrected chi connectivity index (χ3v) is 15.7. The number of nitriles is 1. The molecule has 0 aromatic carbocycles. The number of aryl methyl sites for hydroxylation is 3. The minimum atomic E-state index is -3.82. The molecular formula is C41H51N11O13S6. The maximum Gasteiger partial charge on any atom is 0.274 e. The quantitative estimate of drug-likeness (QED) is 0.0489. The standard InChI is InChI=1S/C14H18N4O5S2.C14H19N3O4S2.C13H14N4O4S2/c1-8-13(24-14(17-8)18-10(3)20)11-4-5-12(23-11)25(21,22)16-7-6-15-9(2)19;1-8(2)7-15-23(19,20)12-6-5-11(21-12)13-9(3)16-14(22-13)17-10(4)18;1-8-12(22-13(16-8)17-9(2)18)10-4-5-11(21-10)23(19,20)15-7-3-6-14/h4-5,16H,6-7H2,1-3H3,(H,15,19)(H,17,18,20);5-6,8,15H,7H2,1-4H3,(H,16,17,18);4-5,15H,3,7H2,1-2H3,(H,16,17,18). The smallest absolute Gasteiger partial charge is 0.274 e. The van der Waals surface area contributed by atoms with Crippen LogP contribution in [0, 0.1) is 38.0 Å². The van der Waals surface area contributed by atoms with Crippen molar-refractivity contribution in [2.75, 3.05) is 42.1 Å². The molecule has 24 nitrogen and oxygen atoms in total. The molecule has 6 rings (SSSR count). The van der Waals surface area contributed by atoms with Gasteiger partial charge in [0.2, 0.25) is 38.9 Å². The zero-order valence-corrected chi connectivity index (χ0v) is 44.5. The van der Waals surface area contributed by atoms with Crippen molar-refractivity contribution in [1.29, 1.82) is 5.26 Å². The first-order chi connectivity index (χ1) is 33.2. The number of thiazole rings is 3. The number of nitrogens with one attached hydrogen (secondary N) is 7. The molecule has 0 spiro atoms. The van der Waals surface area contributed by atoms with Crippen molar-refractivity contribution in [3.8, 4) is 38.0 Å². The van der Waals surface area contributed by atoms with Gasteiger partial charge in [-0.3, -0.25) is 19.2 Å². The average molecular weight is 1100 g/mol. The minimum absolute atomic E-state index is 0.0150. The Morgan fingerprint density at radius 2 is 0.887 bits per heavy atom. The first-order valence-corrected chi connectivity index (χ1v) is 27.8. The highest BCUT2D eigenvalue weighted by atomic mass is 32.2. The van der Waals surface area contributed by atoms with Crippen LogP contribution in [0.4, 0.5) is 15.4 Å². The molecule has 4 amide bonds. The second kappa shape index (κ2) is 25.3. The van der Waals surface area contributed by atoms with Gasteiger partial charge in [-0.15, -0.1) is 0 Å². The van der Waals surface area contributed by atoms with E-state index in [0.717, 1.165) is 0 Å². The molecule has 6 heterocycles. The largest absolute Gasteiger partial charge is 0.442 e. The van der Waals surface area contributed by atoms with Crippen LogP contribution in [0.2, 0.25) is 0 Å². The molecular weight excluding hydrogens is 1050 g/mol. The van der Waals surface area contributed by atoms with E-state index in [2.05, 4.69) is 50.4 Å². The van der Waals surface area contributed by atoms with E-state index in [1.165, 1.54) is 92.0 Å². The van der Waals surface area contributed by atoms with Gasteiger partial charge in [0.1, 0.15) is 17.3 Å². The van der Waals surface area contributed by atoms with Gasteiger partial charge >= 0.3 is 0 Å². The Morgan fingerprint density at radius 1 is 0.549 bits per heavy atom. The van der Waals surface area contributed by atoms with E-state index in [1.807, 2.05) is 19.9 Å². The number of furan rings is 3. The van der Waals surface area contributed by atoms with Crippen LogP contribution in [0.5, 0.6) is 0 Å². The number of carbonyl (C=O) groups is 4. The zero-order valence-electron chi connectivity index (χ0n) is 39.6. The molecule has 6 aromatic heterocycles. The van der Waals surface area contributed by atoms with E-state index >= 15 is 0 Å². The molecule has 7 N–H and O–H groups in total. The Kier molecular flexibility index (Phi) is 20.4. The molecule has 0 bridgehead atoms. The highest BCUT2D eigenvalue weighted by molar-refractivity contribution is 7.89. The summed E-state index contributed by atoms with van der Waals surface area (Å²) in [7, 11) is -11.3. The van der Waals surface area contributed by atoms with Crippen molar-refractivity contribution in [1.82, 2.24) is 34.4 Å². The maximum atomic E-state index is 12.2.